The SMILES string of the molecule is CCOc1ncccc1CNC(=O)COc1ccccc1C. The molecule has 0 fully saturated rings. The molecule has 1 amide bonds. The Labute approximate surface area is 130 Å². The molecule has 0 bridgehead atoms. The third-order valence-electron chi connectivity index (χ3n) is 3.06. The number of para-hydroxylation sites is 1. The van der Waals surface area contributed by atoms with Crippen molar-refractivity contribution in [1.82, 2.24) is 10.3 Å². The van der Waals surface area contributed by atoms with Gasteiger partial charge in [0.15, 0.2) is 6.61 Å². The molecule has 2 rings (SSSR count). The maximum atomic E-state index is 11.9. The summed E-state index contributed by atoms with van der Waals surface area (Å²) in [7, 11) is 0. The van der Waals surface area contributed by atoms with Crippen molar-refractivity contribution in [2.24, 2.45) is 0 Å². The lowest BCUT2D eigenvalue weighted by Gasteiger charge is -2.11. The van der Waals surface area contributed by atoms with E-state index < -0.39 is 0 Å². The first-order valence-electron chi connectivity index (χ1n) is 7.22. The molecule has 2 aromatic rings. The van der Waals surface area contributed by atoms with E-state index in [4.69, 9.17) is 9.47 Å². The summed E-state index contributed by atoms with van der Waals surface area (Å²) in [5.41, 5.74) is 1.84. The van der Waals surface area contributed by atoms with Gasteiger partial charge in [0.1, 0.15) is 5.75 Å². The Morgan fingerprint density at radius 2 is 2.00 bits per heavy atom. The average molecular weight is 300 g/mol. The first kappa shape index (κ1) is 15.8. The Morgan fingerprint density at radius 3 is 2.77 bits per heavy atom. The van der Waals surface area contributed by atoms with Gasteiger partial charge >= 0.3 is 0 Å². The van der Waals surface area contributed by atoms with E-state index in [1.807, 2.05) is 50.2 Å². The third kappa shape index (κ3) is 4.48. The van der Waals surface area contributed by atoms with Gasteiger partial charge in [0.05, 0.1) is 6.61 Å². The molecule has 5 heteroatoms. The van der Waals surface area contributed by atoms with Crippen LogP contribution in [-0.2, 0) is 11.3 Å². The van der Waals surface area contributed by atoms with E-state index in [1.54, 1.807) is 6.20 Å². The fourth-order valence-electron chi connectivity index (χ4n) is 1.93. The predicted molar refractivity (Wildman–Crippen MR) is 83.9 cm³/mol. The summed E-state index contributed by atoms with van der Waals surface area (Å²) < 4.78 is 10.9. The van der Waals surface area contributed by atoms with E-state index in [0.29, 0.717) is 24.8 Å². The van der Waals surface area contributed by atoms with Crippen LogP contribution in [0.25, 0.3) is 0 Å². The van der Waals surface area contributed by atoms with Gasteiger partial charge in [0.25, 0.3) is 5.91 Å². The molecule has 0 saturated carbocycles. The number of benzene rings is 1. The highest BCUT2D eigenvalue weighted by Gasteiger charge is 2.08. The summed E-state index contributed by atoms with van der Waals surface area (Å²) in [4.78, 5) is 16.0. The summed E-state index contributed by atoms with van der Waals surface area (Å²) in [6, 6.07) is 11.3. The Hall–Kier alpha value is -2.56. The topological polar surface area (TPSA) is 60.5 Å². The first-order chi connectivity index (χ1) is 10.7. The number of nitrogens with one attached hydrogen (secondary N) is 1. The number of hydrogen-bond donors (Lipinski definition) is 1. The molecule has 22 heavy (non-hydrogen) atoms. The minimum Gasteiger partial charge on any atom is -0.484 e. The molecule has 116 valence electrons. The second-order valence-corrected chi connectivity index (χ2v) is 4.73. The number of rotatable bonds is 7. The van der Waals surface area contributed by atoms with Crippen LogP contribution in [0.1, 0.15) is 18.1 Å². The van der Waals surface area contributed by atoms with Gasteiger partial charge in [-0.05, 0) is 31.5 Å². The zero-order chi connectivity index (χ0) is 15.8. The molecule has 5 nitrogen and oxygen atoms in total. The Balaban J connectivity index is 1.84. The quantitative estimate of drug-likeness (QED) is 0.853. The van der Waals surface area contributed by atoms with Gasteiger partial charge < -0.3 is 14.8 Å². The van der Waals surface area contributed by atoms with E-state index >= 15 is 0 Å². The van der Waals surface area contributed by atoms with Gasteiger partial charge in [-0.2, -0.15) is 0 Å². The fraction of sp³-hybridized carbons (Fsp3) is 0.294. The molecule has 0 saturated heterocycles. The predicted octanol–water partition coefficient (Wildman–Crippen LogP) is 2.48. The van der Waals surface area contributed by atoms with Crippen LogP contribution in [0.2, 0.25) is 0 Å². The fourth-order valence-corrected chi connectivity index (χ4v) is 1.93. The van der Waals surface area contributed by atoms with Crippen LogP contribution in [0.5, 0.6) is 11.6 Å². The van der Waals surface area contributed by atoms with E-state index in [-0.39, 0.29) is 12.5 Å². The lowest BCUT2D eigenvalue weighted by atomic mass is 10.2. The van der Waals surface area contributed by atoms with Gasteiger partial charge in [-0.3, -0.25) is 4.79 Å². The largest absolute Gasteiger partial charge is 0.484 e. The third-order valence-corrected chi connectivity index (χ3v) is 3.06. The zero-order valence-corrected chi connectivity index (χ0v) is 12.8. The molecule has 0 unspecified atom stereocenters. The van der Waals surface area contributed by atoms with E-state index in [0.717, 1.165) is 11.1 Å². The number of nitrogens with zero attached hydrogens (tertiary/aromatic N) is 1. The highest BCUT2D eigenvalue weighted by Crippen LogP contribution is 2.16. The molecule has 0 aliphatic heterocycles. The molecular weight excluding hydrogens is 280 g/mol. The average Bonchev–Trinajstić information content (AvgIpc) is 2.53. The number of aromatic nitrogens is 1. The van der Waals surface area contributed by atoms with Gasteiger partial charge in [-0.15, -0.1) is 0 Å². The van der Waals surface area contributed by atoms with Gasteiger partial charge in [0.2, 0.25) is 5.88 Å². The highest BCUT2D eigenvalue weighted by molar-refractivity contribution is 5.77. The number of pyridine rings is 1. The van der Waals surface area contributed by atoms with Crippen LogP contribution in [0.3, 0.4) is 0 Å². The van der Waals surface area contributed by atoms with E-state index in [9.17, 15) is 4.79 Å². The van der Waals surface area contributed by atoms with Crippen molar-refractivity contribution in [2.75, 3.05) is 13.2 Å². The minimum absolute atomic E-state index is 0.0188. The Kier molecular flexibility index (Phi) is 5.77. The molecule has 1 N–H and O–H groups in total. The number of aryl methyl sites for hydroxylation is 1. The normalized spacial score (nSPS) is 10.1. The van der Waals surface area contributed by atoms with Crippen LogP contribution in [0.15, 0.2) is 42.6 Å². The maximum absolute atomic E-state index is 11.9. The summed E-state index contributed by atoms with van der Waals surface area (Å²) in [5.74, 6) is 1.08. The zero-order valence-electron chi connectivity index (χ0n) is 12.8. The van der Waals surface area contributed by atoms with Gasteiger partial charge in [-0.1, -0.05) is 24.3 Å². The van der Waals surface area contributed by atoms with Crippen molar-refractivity contribution in [3.05, 3.63) is 53.7 Å². The van der Waals surface area contributed by atoms with Crippen LogP contribution >= 0.6 is 0 Å². The molecule has 1 aromatic heterocycles. The Bertz CT molecular complexity index is 629. The number of ether oxygens (including phenoxy) is 2. The number of carbonyl (C=O) groups excluding carboxylic acids is 1. The highest BCUT2D eigenvalue weighted by atomic mass is 16.5. The maximum Gasteiger partial charge on any atom is 0.258 e. The summed E-state index contributed by atoms with van der Waals surface area (Å²) in [6.45, 7) is 4.72. The van der Waals surface area contributed by atoms with E-state index in [2.05, 4.69) is 10.3 Å². The van der Waals surface area contributed by atoms with Crippen molar-refractivity contribution < 1.29 is 14.3 Å². The number of hydrogen-bond acceptors (Lipinski definition) is 4. The summed E-state index contributed by atoms with van der Waals surface area (Å²) >= 11 is 0. The van der Waals surface area contributed by atoms with Crippen LogP contribution in [0.4, 0.5) is 0 Å². The van der Waals surface area contributed by atoms with Crippen molar-refractivity contribution in [3.8, 4) is 11.6 Å². The van der Waals surface area contributed by atoms with Crippen molar-refractivity contribution in [2.45, 2.75) is 20.4 Å². The lowest BCUT2D eigenvalue weighted by molar-refractivity contribution is -0.123. The molecule has 1 heterocycles. The second kappa shape index (κ2) is 8.02. The van der Waals surface area contributed by atoms with Crippen LogP contribution < -0.4 is 14.8 Å². The van der Waals surface area contributed by atoms with Crippen molar-refractivity contribution in [3.63, 3.8) is 0 Å². The smallest absolute Gasteiger partial charge is 0.258 e. The summed E-state index contributed by atoms with van der Waals surface area (Å²) in [5, 5.41) is 2.80. The lowest BCUT2D eigenvalue weighted by Crippen LogP contribution is -2.28. The van der Waals surface area contributed by atoms with Crippen molar-refractivity contribution in [1.29, 1.82) is 0 Å². The molecule has 0 atom stereocenters. The van der Waals surface area contributed by atoms with Gasteiger partial charge in [-0.25, -0.2) is 4.98 Å². The standard InChI is InChI=1S/C17H20N2O3/c1-3-21-17-14(8-6-10-18-17)11-19-16(20)12-22-15-9-5-4-7-13(15)2/h4-10H,3,11-12H2,1-2H3,(H,19,20). The minimum atomic E-state index is -0.186. The molecule has 0 aliphatic rings. The second-order valence-electron chi connectivity index (χ2n) is 4.73. The number of amides is 1. The molecule has 0 spiro atoms. The number of carbonyl (C=O) groups is 1. The first-order valence-corrected chi connectivity index (χ1v) is 7.22. The van der Waals surface area contributed by atoms with E-state index in [1.165, 1.54) is 0 Å². The monoisotopic (exact) mass is 300 g/mol. The van der Waals surface area contributed by atoms with Crippen LogP contribution in [-0.4, -0.2) is 24.1 Å². The molecule has 0 aliphatic carbocycles. The Morgan fingerprint density at radius 1 is 1.18 bits per heavy atom. The molecule has 0 radical (unpaired) electrons. The molecule has 1 aromatic carbocycles. The van der Waals surface area contributed by atoms with Crippen LogP contribution in [0, 0.1) is 6.92 Å². The summed E-state index contributed by atoms with van der Waals surface area (Å²) in [6.07, 6.45) is 1.66. The van der Waals surface area contributed by atoms with Gasteiger partial charge in [0, 0.05) is 18.3 Å². The molecular formula is C17H20N2O3. The van der Waals surface area contributed by atoms with Crippen molar-refractivity contribution >= 4 is 5.91 Å².